The quantitative estimate of drug-likeness (QED) is 0.797. The van der Waals surface area contributed by atoms with Crippen LogP contribution >= 0.6 is 0 Å². The van der Waals surface area contributed by atoms with Crippen LogP contribution in [0.3, 0.4) is 0 Å². The van der Waals surface area contributed by atoms with Gasteiger partial charge in [0.1, 0.15) is 10.6 Å². The molecule has 0 aliphatic heterocycles. The minimum absolute atomic E-state index is 0.159. The molecule has 6 heteroatoms. The third-order valence-corrected chi connectivity index (χ3v) is 5.37. The number of benzene rings is 2. The first-order valence-electron chi connectivity index (χ1n) is 7.93. The number of sulfonamides is 1. The number of hydrogen-bond donors (Lipinski definition) is 1. The smallest absolute Gasteiger partial charge is 0.244 e. The molecule has 0 saturated carbocycles. The summed E-state index contributed by atoms with van der Waals surface area (Å²) in [6.07, 6.45) is 0. The summed E-state index contributed by atoms with van der Waals surface area (Å²) >= 11 is 0. The van der Waals surface area contributed by atoms with Crippen molar-refractivity contribution in [3.63, 3.8) is 0 Å². The van der Waals surface area contributed by atoms with Gasteiger partial charge in [-0.15, -0.1) is 0 Å². The van der Waals surface area contributed by atoms with E-state index in [9.17, 15) is 8.42 Å². The van der Waals surface area contributed by atoms with Gasteiger partial charge in [-0.2, -0.15) is 0 Å². The van der Waals surface area contributed by atoms with Crippen LogP contribution < -0.4 is 14.4 Å². The fourth-order valence-corrected chi connectivity index (χ4v) is 3.79. The van der Waals surface area contributed by atoms with E-state index in [2.05, 4.69) is 29.5 Å². The SMILES string of the molecule is CCN(CCNS(=O)(=O)c1ccccc1OC)c1ccccc1C. The largest absolute Gasteiger partial charge is 0.495 e. The van der Waals surface area contributed by atoms with Crippen molar-refractivity contribution in [3.8, 4) is 5.75 Å². The summed E-state index contributed by atoms with van der Waals surface area (Å²) in [4.78, 5) is 2.31. The number of nitrogens with one attached hydrogen (secondary N) is 1. The van der Waals surface area contributed by atoms with E-state index in [-0.39, 0.29) is 4.90 Å². The molecule has 0 atom stereocenters. The van der Waals surface area contributed by atoms with E-state index in [1.165, 1.54) is 12.7 Å². The minimum atomic E-state index is -3.60. The Balaban J connectivity index is 2.06. The number of hydrogen-bond acceptors (Lipinski definition) is 4. The third kappa shape index (κ3) is 4.27. The van der Waals surface area contributed by atoms with Crippen LogP contribution in [0.5, 0.6) is 5.75 Å². The van der Waals surface area contributed by atoms with E-state index < -0.39 is 10.0 Å². The molecule has 2 rings (SSSR count). The Morgan fingerprint density at radius 1 is 1.08 bits per heavy atom. The summed E-state index contributed by atoms with van der Waals surface area (Å²) < 4.78 is 32.7. The number of ether oxygens (including phenoxy) is 1. The third-order valence-electron chi connectivity index (χ3n) is 3.87. The lowest BCUT2D eigenvalue weighted by atomic mass is 10.2. The van der Waals surface area contributed by atoms with Crippen LogP contribution in [0.15, 0.2) is 53.4 Å². The van der Waals surface area contributed by atoms with E-state index in [4.69, 9.17) is 4.74 Å². The fraction of sp³-hybridized carbons (Fsp3) is 0.333. The molecule has 0 heterocycles. The predicted octanol–water partition coefficient (Wildman–Crippen LogP) is 2.81. The topological polar surface area (TPSA) is 58.6 Å². The van der Waals surface area contributed by atoms with Crippen molar-refractivity contribution in [1.29, 1.82) is 0 Å². The Hall–Kier alpha value is -2.05. The Morgan fingerprint density at radius 2 is 1.75 bits per heavy atom. The van der Waals surface area contributed by atoms with Gasteiger partial charge in [-0.05, 0) is 37.6 Å². The van der Waals surface area contributed by atoms with Gasteiger partial charge in [-0.1, -0.05) is 30.3 Å². The van der Waals surface area contributed by atoms with Crippen molar-refractivity contribution < 1.29 is 13.2 Å². The van der Waals surface area contributed by atoms with Crippen LogP contribution in [0.25, 0.3) is 0 Å². The highest BCUT2D eigenvalue weighted by atomic mass is 32.2. The van der Waals surface area contributed by atoms with Crippen molar-refractivity contribution in [2.75, 3.05) is 31.6 Å². The van der Waals surface area contributed by atoms with Crippen LogP contribution in [0.4, 0.5) is 5.69 Å². The van der Waals surface area contributed by atoms with Gasteiger partial charge in [-0.3, -0.25) is 0 Å². The van der Waals surface area contributed by atoms with Gasteiger partial charge in [0.15, 0.2) is 0 Å². The van der Waals surface area contributed by atoms with Gasteiger partial charge in [0.2, 0.25) is 10.0 Å². The van der Waals surface area contributed by atoms with E-state index in [1.807, 2.05) is 18.2 Å². The van der Waals surface area contributed by atoms with Gasteiger partial charge in [-0.25, -0.2) is 13.1 Å². The maximum Gasteiger partial charge on any atom is 0.244 e. The van der Waals surface area contributed by atoms with Gasteiger partial charge in [0.05, 0.1) is 7.11 Å². The maximum atomic E-state index is 12.5. The Bertz CT molecular complexity index is 775. The average Bonchev–Trinajstić information content (AvgIpc) is 2.59. The molecule has 0 aliphatic rings. The molecule has 1 N–H and O–H groups in total. The summed E-state index contributed by atoms with van der Waals surface area (Å²) in [5.74, 6) is 0.344. The number of nitrogens with zero attached hydrogens (tertiary/aromatic N) is 1. The van der Waals surface area contributed by atoms with Crippen molar-refractivity contribution >= 4 is 15.7 Å². The second-order valence-electron chi connectivity index (χ2n) is 5.41. The van der Waals surface area contributed by atoms with Crippen LogP contribution in [0.1, 0.15) is 12.5 Å². The highest BCUT2D eigenvalue weighted by Crippen LogP contribution is 2.22. The molecule has 0 unspecified atom stereocenters. The lowest BCUT2D eigenvalue weighted by molar-refractivity contribution is 0.402. The average molecular weight is 348 g/mol. The zero-order chi connectivity index (χ0) is 17.6. The molecule has 0 aromatic heterocycles. The second-order valence-corrected chi connectivity index (χ2v) is 7.15. The summed E-state index contributed by atoms with van der Waals surface area (Å²) in [5.41, 5.74) is 2.29. The standard InChI is InChI=1S/C18H24N2O3S/c1-4-20(16-10-6-5-9-15(16)2)14-13-19-24(21,22)18-12-8-7-11-17(18)23-3/h5-12,19H,4,13-14H2,1-3H3. The molecule has 0 amide bonds. The van der Waals surface area contributed by atoms with Crippen LogP contribution in [-0.2, 0) is 10.0 Å². The second kappa shape index (κ2) is 8.17. The minimum Gasteiger partial charge on any atom is -0.495 e. The van der Waals surface area contributed by atoms with Crippen molar-refractivity contribution in [2.45, 2.75) is 18.7 Å². The highest BCUT2D eigenvalue weighted by molar-refractivity contribution is 7.89. The van der Waals surface area contributed by atoms with Gasteiger partial charge >= 0.3 is 0 Å². The number of aryl methyl sites for hydroxylation is 1. The maximum absolute atomic E-state index is 12.5. The van der Waals surface area contributed by atoms with Gasteiger partial charge in [0.25, 0.3) is 0 Å². The van der Waals surface area contributed by atoms with Crippen LogP contribution in [-0.4, -0.2) is 35.2 Å². The molecule has 2 aromatic rings. The van der Waals surface area contributed by atoms with Crippen molar-refractivity contribution in [3.05, 3.63) is 54.1 Å². The summed E-state index contributed by atoms with van der Waals surface area (Å²) in [6.45, 7) is 5.83. The molecule has 130 valence electrons. The monoisotopic (exact) mass is 348 g/mol. The number of anilines is 1. The molecule has 0 bridgehead atoms. The fourth-order valence-electron chi connectivity index (χ4n) is 2.60. The first-order valence-corrected chi connectivity index (χ1v) is 9.41. The Labute approximate surface area is 144 Å². The van der Waals surface area contributed by atoms with Gasteiger partial charge < -0.3 is 9.64 Å². The molecule has 0 spiro atoms. The van der Waals surface area contributed by atoms with E-state index in [1.54, 1.807) is 24.3 Å². The molecule has 24 heavy (non-hydrogen) atoms. The van der Waals surface area contributed by atoms with Crippen molar-refractivity contribution in [2.24, 2.45) is 0 Å². The van der Waals surface area contributed by atoms with Crippen molar-refractivity contribution in [1.82, 2.24) is 4.72 Å². The van der Waals surface area contributed by atoms with Gasteiger partial charge in [0, 0.05) is 25.3 Å². The molecule has 0 radical (unpaired) electrons. The number of para-hydroxylation sites is 2. The zero-order valence-electron chi connectivity index (χ0n) is 14.3. The lowest BCUT2D eigenvalue weighted by Crippen LogP contribution is -2.35. The first kappa shape index (κ1) is 18.3. The predicted molar refractivity (Wildman–Crippen MR) is 97.2 cm³/mol. The molecule has 0 saturated heterocycles. The number of likely N-dealkylation sites (N-methyl/N-ethyl adjacent to an activating group) is 1. The molecule has 0 aliphatic carbocycles. The lowest BCUT2D eigenvalue weighted by Gasteiger charge is -2.25. The number of methoxy groups -OCH3 is 1. The molecule has 2 aromatic carbocycles. The van der Waals surface area contributed by atoms with Crippen LogP contribution in [0, 0.1) is 6.92 Å². The normalized spacial score (nSPS) is 11.3. The van der Waals surface area contributed by atoms with Crippen LogP contribution in [0.2, 0.25) is 0 Å². The highest BCUT2D eigenvalue weighted by Gasteiger charge is 2.18. The van der Waals surface area contributed by atoms with E-state index >= 15 is 0 Å². The molecule has 5 nitrogen and oxygen atoms in total. The Kier molecular flexibility index (Phi) is 6.23. The summed E-state index contributed by atoms with van der Waals surface area (Å²) in [7, 11) is -2.14. The molecule has 0 fully saturated rings. The summed E-state index contributed by atoms with van der Waals surface area (Å²) in [5, 5.41) is 0. The van der Waals surface area contributed by atoms with E-state index in [0.717, 1.165) is 12.2 Å². The van der Waals surface area contributed by atoms with E-state index in [0.29, 0.717) is 18.8 Å². The zero-order valence-corrected chi connectivity index (χ0v) is 15.1. The Morgan fingerprint density at radius 3 is 2.42 bits per heavy atom. The molecular weight excluding hydrogens is 324 g/mol. The first-order chi connectivity index (χ1) is 11.5. The number of rotatable bonds is 8. The molecular formula is C18H24N2O3S. The summed E-state index contributed by atoms with van der Waals surface area (Å²) in [6, 6.07) is 14.7.